The van der Waals surface area contributed by atoms with Crippen LogP contribution in [-0.2, 0) is 11.2 Å². The molecule has 3 N–H and O–H groups in total. The van der Waals surface area contributed by atoms with Crippen LogP contribution in [0.1, 0.15) is 12.5 Å². The molecule has 1 unspecified atom stereocenters. The van der Waals surface area contributed by atoms with Crippen molar-refractivity contribution in [2.24, 2.45) is 5.73 Å². The second kappa shape index (κ2) is 7.14. The molecule has 0 aliphatic carbocycles. The Morgan fingerprint density at radius 2 is 2.05 bits per heavy atom. The highest BCUT2D eigenvalue weighted by atomic mass is 19.4. The molecule has 112 valence electrons. The molecule has 0 aromatic heterocycles. The quantitative estimate of drug-likeness (QED) is 0.837. The molecule has 0 aliphatic heterocycles. The van der Waals surface area contributed by atoms with Crippen molar-refractivity contribution in [1.82, 2.24) is 5.32 Å². The molecule has 1 aromatic rings. The molecule has 0 heterocycles. The van der Waals surface area contributed by atoms with Crippen molar-refractivity contribution >= 4 is 5.91 Å². The predicted octanol–water partition coefficient (Wildman–Crippen LogP) is 1.63. The van der Waals surface area contributed by atoms with Crippen molar-refractivity contribution in [1.29, 1.82) is 0 Å². The molecule has 1 aromatic carbocycles. The van der Waals surface area contributed by atoms with Gasteiger partial charge in [0.1, 0.15) is 12.3 Å². The molecule has 1 atom stereocenters. The summed E-state index contributed by atoms with van der Waals surface area (Å²) in [5.74, 6) is -0.370. The normalized spacial score (nSPS) is 12.8. The van der Waals surface area contributed by atoms with Gasteiger partial charge in [0.25, 0.3) is 5.91 Å². The topological polar surface area (TPSA) is 64.3 Å². The lowest BCUT2D eigenvalue weighted by atomic mass is 10.1. The average Bonchev–Trinajstić information content (AvgIpc) is 2.34. The first kappa shape index (κ1) is 16.3. The van der Waals surface area contributed by atoms with E-state index < -0.39 is 25.2 Å². The van der Waals surface area contributed by atoms with Crippen LogP contribution in [0.3, 0.4) is 0 Å². The van der Waals surface area contributed by atoms with Crippen LogP contribution in [0.5, 0.6) is 5.75 Å². The molecule has 0 saturated carbocycles. The smallest absolute Gasteiger partial charge is 0.405 e. The lowest BCUT2D eigenvalue weighted by Crippen LogP contribution is -2.36. The predicted molar refractivity (Wildman–Crippen MR) is 68.4 cm³/mol. The Morgan fingerprint density at radius 1 is 1.40 bits per heavy atom. The van der Waals surface area contributed by atoms with Crippen molar-refractivity contribution in [2.45, 2.75) is 25.6 Å². The van der Waals surface area contributed by atoms with Gasteiger partial charge < -0.3 is 15.8 Å². The molecular weight excluding hydrogens is 273 g/mol. The Hall–Kier alpha value is -1.76. The van der Waals surface area contributed by atoms with Crippen LogP contribution in [0.25, 0.3) is 0 Å². The van der Waals surface area contributed by atoms with E-state index in [9.17, 15) is 18.0 Å². The third-order valence-electron chi connectivity index (χ3n) is 2.36. The van der Waals surface area contributed by atoms with Crippen LogP contribution in [-0.4, -0.2) is 31.3 Å². The lowest BCUT2D eigenvalue weighted by Gasteiger charge is -2.13. The Morgan fingerprint density at radius 3 is 2.65 bits per heavy atom. The van der Waals surface area contributed by atoms with Crippen molar-refractivity contribution in [3.63, 3.8) is 0 Å². The number of benzene rings is 1. The summed E-state index contributed by atoms with van der Waals surface area (Å²) in [7, 11) is 0. The highest BCUT2D eigenvalue weighted by molar-refractivity contribution is 5.77. The standard InChI is InChI=1S/C13H17F3N2O2/c1-9(17)6-10-4-2-3-5-11(10)20-7-12(19)18-8-13(14,15)16/h2-5,9H,6-8,17H2,1H3,(H,18,19). The van der Waals surface area contributed by atoms with E-state index in [1.165, 1.54) is 0 Å². The number of halogens is 3. The van der Waals surface area contributed by atoms with Crippen molar-refractivity contribution in [3.8, 4) is 5.75 Å². The molecular formula is C13H17F3N2O2. The number of hydrogen-bond acceptors (Lipinski definition) is 3. The number of amides is 1. The Balaban J connectivity index is 2.51. The van der Waals surface area contributed by atoms with Gasteiger partial charge >= 0.3 is 6.18 Å². The molecule has 0 saturated heterocycles. The maximum absolute atomic E-state index is 11.9. The summed E-state index contributed by atoms with van der Waals surface area (Å²) in [6.45, 7) is -0.00443. The summed E-state index contributed by atoms with van der Waals surface area (Å²) in [5.41, 5.74) is 6.50. The minimum absolute atomic E-state index is 0.0844. The van der Waals surface area contributed by atoms with Crippen LogP contribution in [0.15, 0.2) is 24.3 Å². The molecule has 0 radical (unpaired) electrons. The lowest BCUT2D eigenvalue weighted by molar-refractivity contribution is -0.139. The first-order valence-corrected chi connectivity index (χ1v) is 6.07. The molecule has 7 heteroatoms. The van der Waals surface area contributed by atoms with Crippen LogP contribution in [0.4, 0.5) is 13.2 Å². The van der Waals surface area contributed by atoms with Crippen LogP contribution >= 0.6 is 0 Å². The van der Waals surface area contributed by atoms with Gasteiger partial charge in [-0.25, -0.2) is 0 Å². The number of nitrogens with one attached hydrogen (secondary N) is 1. The maximum atomic E-state index is 11.9. The van der Waals surface area contributed by atoms with Gasteiger partial charge in [-0.15, -0.1) is 0 Å². The van der Waals surface area contributed by atoms with Crippen LogP contribution in [0, 0.1) is 0 Å². The molecule has 0 bridgehead atoms. The molecule has 0 spiro atoms. The SMILES string of the molecule is CC(N)Cc1ccccc1OCC(=O)NCC(F)(F)F. The summed E-state index contributed by atoms with van der Waals surface area (Å²) < 4.78 is 41.0. The van der Waals surface area contributed by atoms with Crippen molar-refractivity contribution < 1.29 is 22.7 Å². The third-order valence-corrected chi connectivity index (χ3v) is 2.36. The summed E-state index contributed by atoms with van der Waals surface area (Å²) in [5, 5.41) is 1.74. The van der Waals surface area contributed by atoms with E-state index in [0.29, 0.717) is 12.2 Å². The van der Waals surface area contributed by atoms with E-state index in [2.05, 4.69) is 0 Å². The van der Waals surface area contributed by atoms with Gasteiger partial charge in [-0.1, -0.05) is 18.2 Å². The van der Waals surface area contributed by atoms with Crippen LogP contribution in [0.2, 0.25) is 0 Å². The van der Waals surface area contributed by atoms with Gasteiger partial charge in [0, 0.05) is 6.04 Å². The van der Waals surface area contributed by atoms with Gasteiger partial charge in [0.15, 0.2) is 6.61 Å². The summed E-state index contributed by atoms with van der Waals surface area (Å²) in [6, 6.07) is 6.88. The summed E-state index contributed by atoms with van der Waals surface area (Å²) >= 11 is 0. The number of rotatable bonds is 6. The fraction of sp³-hybridized carbons (Fsp3) is 0.462. The fourth-order valence-electron chi connectivity index (χ4n) is 1.55. The Kier molecular flexibility index (Phi) is 5.82. The first-order chi connectivity index (χ1) is 9.28. The van der Waals surface area contributed by atoms with Crippen molar-refractivity contribution in [3.05, 3.63) is 29.8 Å². The first-order valence-electron chi connectivity index (χ1n) is 6.07. The molecule has 4 nitrogen and oxygen atoms in total. The third kappa shape index (κ3) is 6.42. The highest BCUT2D eigenvalue weighted by Crippen LogP contribution is 2.19. The van der Waals surface area contributed by atoms with E-state index >= 15 is 0 Å². The minimum atomic E-state index is -4.43. The van der Waals surface area contributed by atoms with Crippen molar-refractivity contribution in [2.75, 3.05) is 13.2 Å². The zero-order valence-corrected chi connectivity index (χ0v) is 11.0. The molecule has 1 rings (SSSR count). The van der Waals surface area contributed by atoms with Crippen LogP contribution < -0.4 is 15.8 Å². The number of alkyl halides is 3. The number of carbonyl (C=O) groups is 1. The largest absolute Gasteiger partial charge is 0.483 e. The molecule has 1 amide bonds. The zero-order valence-electron chi connectivity index (χ0n) is 11.0. The number of para-hydroxylation sites is 1. The average molecular weight is 290 g/mol. The monoisotopic (exact) mass is 290 g/mol. The Bertz CT molecular complexity index is 447. The molecule has 20 heavy (non-hydrogen) atoms. The highest BCUT2D eigenvalue weighted by Gasteiger charge is 2.27. The summed E-state index contributed by atoms with van der Waals surface area (Å²) in [6.07, 6.45) is -3.87. The van der Waals surface area contributed by atoms with Gasteiger partial charge in [-0.3, -0.25) is 4.79 Å². The Labute approximate surface area is 115 Å². The molecule has 0 fully saturated rings. The fourth-order valence-corrected chi connectivity index (χ4v) is 1.55. The van der Waals surface area contributed by atoms with E-state index in [1.807, 2.05) is 6.92 Å². The number of carbonyl (C=O) groups excluding carboxylic acids is 1. The zero-order chi connectivity index (χ0) is 15.2. The van der Waals surface area contributed by atoms with E-state index in [0.717, 1.165) is 5.56 Å². The number of ether oxygens (including phenoxy) is 1. The van der Waals surface area contributed by atoms with Gasteiger partial charge in [-0.2, -0.15) is 13.2 Å². The van der Waals surface area contributed by atoms with Gasteiger partial charge in [0.2, 0.25) is 0 Å². The van der Waals surface area contributed by atoms with E-state index in [1.54, 1.807) is 29.6 Å². The van der Waals surface area contributed by atoms with E-state index in [4.69, 9.17) is 10.5 Å². The van der Waals surface area contributed by atoms with Gasteiger partial charge in [-0.05, 0) is 25.0 Å². The number of hydrogen-bond donors (Lipinski definition) is 2. The van der Waals surface area contributed by atoms with Gasteiger partial charge in [0.05, 0.1) is 0 Å². The second-order valence-corrected chi connectivity index (χ2v) is 4.47. The summed E-state index contributed by atoms with van der Waals surface area (Å²) in [4.78, 5) is 11.2. The maximum Gasteiger partial charge on any atom is 0.405 e. The minimum Gasteiger partial charge on any atom is -0.483 e. The number of nitrogens with two attached hydrogens (primary N) is 1. The second-order valence-electron chi connectivity index (χ2n) is 4.47. The van der Waals surface area contributed by atoms with E-state index in [-0.39, 0.29) is 6.04 Å². The molecule has 0 aliphatic rings.